The van der Waals surface area contributed by atoms with Crippen LogP contribution in [0.25, 0.3) is 10.2 Å². The maximum Gasteiger partial charge on any atom is 0.308 e. The highest BCUT2D eigenvalue weighted by atomic mass is 32.1. The Kier molecular flexibility index (Phi) is 8.40. The van der Waals surface area contributed by atoms with Crippen LogP contribution >= 0.6 is 11.3 Å². The highest BCUT2D eigenvalue weighted by molar-refractivity contribution is 7.16. The number of rotatable bonds is 10. The minimum Gasteiger partial charge on any atom is -0.303 e. The summed E-state index contributed by atoms with van der Waals surface area (Å²) in [7, 11) is 0. The van der Waals surface area contributed by atoms with Crippen LogP contribution < -0.4 is 4.87 Å². The van der Waals surface area contributed by atoms with Crippen molar-refractivity contribution in [2.45, 2.75) is 84.1 Å². The normalized spacial score (nSPS) is 16.0. The number of benzene rings is 1. The van der Waals surface area contributed by atoms with E-state index >= 15 is 0 Å². The second-order valence-corrected chi connectivity index (χ2v) is 9.09. The molecule has 1 aromatic carbocycles. The molecular formula is C23H36N2OS. The number of aryl methyl sites for hydroxylation is 2. The topological polar surface area (TPSA) is 25.2 Å². The molecule has 150 valence electrons. The molecule has 1 aliphatic rings. The molecule has 3 rings (SSSR count). The van der Waals surface area contributed by atoms with E-state index < -0.39 is 0 Å². The molecule has 4 heteroatoms. The van der Waals surface area contributed by atoms with Gasteiger partial charge in [0.2, 0.25) is 0 Å². The second kappa shape index (κ2) is 11.0. The third kappa shape index (κ3) is 6.18. The summed E-state index contributed by atoms with van der Waals surface area (Å²) in [4.78, 5) is 15.3. The fourth-order valence-corrected chi connectivity index (χ4v) is 5.16. The third-order valence-corrected chi connectivity index (χ3v) is 6.80. The second-order valence-electron chi connectivity index (χ2n) is 8.10. The standard InChI is InChI=1S/C23H36N2OS/c1-2-3-12-20-13-14-21-22(19-20)27-23(26)25(21)18-11-7-6-10-17-24-15-8-4-5-9-16-24/h13-14,19H,2-12,15-18H2,1H3. The van der Waals surface area contributed by atoms with Crippen LogP contribution in [-0.2, 0) is 13.0 Å². The molecule has 2 heterocycles. The fourth-order valence-electron chi connectivity index (χ4n) is 4.18. The molecule has 0 bridgehead atoms. The van der Waals surface area contributed by atoms with E-state index in [0.717, 1.165) is 29.6 Å². The van der Waals surface area contributed by atoms with Gasteiger partial charge in [-0.3, -0.25) is 9.36 Å². The smallest absolute Gasteiger partial charge is 0.303 e. The van der Waals surface area contributed by atoms with E-state index in [4.69, 9.17) is 0 Å². The van der Waals surface area contributed by atoms with Gasteiger partial charge in [-0.2, -0.15) is 0 Å². The predicted molar refractivity (Wildman–Crippen MR) is 118 cm³/mol. The molecule has 1 saturated heterocycles. The van der Waals surface area contributed by atoms with Crippen molar-refractivity contribution < 1.29 is 0 Å². The average Bonchev–Trinajstić information content (AvgIpc) is 2.84. The summed E-state index contributed by atoms with van der Waals surface area (Å²) in [5, 5.41) is 0. The molecular weight excluding hydrogens is 352 g/mol. The number of hydrogen-bond acceptors (Lipinski definition) is 3. The van der Waals surface area contributed by atoms with Gasteiger partial charge in [0.25, 0.3) is 0 Å². The zero-order valence-electron chi connectivity index (χ0n) is 17.0. The van der Waals surface area contributed by atoms with Crippen LogP contribution in [0, 0.1) is 0 Å². The van der Waals surface area contributed by atoms with Crippen LogP contribution in [0.3, 0.4) is 0 Å². The van der Waals surface area contributed by atoms with Crippen molar-refractivity contribution in [1.29, 1.82) is 0 Å². The molecule has 0 spiro atoms. The Labute approximate surface area is 168 Å². The van der Waals surface area contributed by atoms with Gasteiger partial charge in [-0.15, -0.1) is 0 Å². The first-order valence-electron chi connectivity index (χ1n) is 11.1. The summed E-state index contributed by atoms with van der Waals surface area (Å²) in [5.74, 6) is 0. The van der Waals surface area contributed by atoms with Crippen LogP contribution in [0.5, 0.6) is 0 Å². The SMILES string of the molecule is CCCCc1ccc2c(c1)sc(=O)n2CCCCCCN1CCCCCC1. The molecule has 0 aliphatic carbocycles. The molecule has 0 saturated carbocycles. The molecule has 1 aliphatic heterocycles. The van der Waals surface area contributed by atoms with Crippen molar-refractivity contribution in [3.05, 3.63) is 33.4 Å². The zero-order valence-corrected chi connectivity index (χ0v) is 17.9. The van der Waals surface area contributed by atoms with Crippen molar-refractivity contribution in [3.63, 3.8) is 0 Å². The predicted octanol–water partition coefficient (Wildman–Crippen LogP) is 5.84. The first-order chi connectivity index (χ1) is 13.3. The minimum absolute atomic E-state index is 0.210. The monoisotopic (exact) mass is 388 g/mol. The lowest BCUT2D eigenvalue weighted by atomic mass is 10.1. The Morgan fingerprint density at radius 2 is 1.67 bits per heavy atom. The third-order valence-electron chi connectivity index (χ3n) is 5.86. The number of fused-ring (bicyclic) bond motifs is 1. The van der Waals surface area contributed by atoms with E-state index in [9.17, 15) is 4.79 Å². The summed E-state index contributed by atoms with van der Waals surface area (Å²) in [5.41, 5.74) is 2.50. The van der Waals surface area contributed by atoms with Crippen molar-refractivity contribution in [2.75, 3.05) is 19.6 Å². The highest BCUT2D eigenvalue weighted by Crippen LogP contribution is 2.21. The molecule has 2 aromatic rings. The fraction of sp³-hybridized carbons (Fsp3) is 0.696. The molecule has 3 nitrogen and oxygen atoms in total. The lowest BCUT2D eigenvalue weighted by molar-refractivity contribution is 0.277. The van der Waals surface area contributed by atoms with E-state index in [-0.39, 0.29) is 4.87 Å². The van der Waals surface area contributed by atoms with Gasteiger partial charge in [0.15, 0.2) is 0 Å². The summed E-state index contributed by atoms with van der Waals surface area (Å²) >= 11 is 1.42. The van der Waals surface area contributed by atoms with Gasteiger partial charge in [-0.05, 0) is 75.9 Å². The number of unbranched alkanes of at least 4 members (excludes halogenated alkanes) is 4. The van der Waals surface area contributed by atoms with Gasteiger partial charge >= 0.3 is 4.87 Å². The van der Waals surface area contributed by atoms with Crippen LogP contribution in [-0.4, -0.2) is 29.1 Å². The first kappa shape index (κ1) is 20.6. The lowest BCUT2D eigenvalue weighted by Crippen LogP contribution is -2.25. The van der Waals surface area contributed by atoms with Gasteiger partial charge in [0.05, 0.1) is 10.2 Å². The van der Waals surface area contributed by atoms with Crippen LogP contribution in [0.15, 0.2) is 23.0 Å². The summed E-state index contributed by atoms with van der Waals surface area (Å²) in [6, 6.07) is 6.61. The molecule has 1 aromatic heterocycles. The Hall–Kier alpha value is -1.13. The highest BCUT2D eigenvalue weighted by Gasteiger charge is 2.09. The van der Waals surface area contributed by atoms with E-state index in [1.54, 1.807) is 0 Å². The van der Waals surface area contributed by atoms with E-state index in [2.05, 4.69) is 30.0 Å². The maximum absolute atomic E-state index is 12.4. The lowest BCUT2D eigenvalue weighted by Gasteiger charge is -2.19. The Balaban J connectivity index is 1.43. The largest absolute Gasteiger partial charge is 0.308 e. The van der Waals surface area contributed by atoms with E-state index in [0.29, 0.717) is 0 Å². The number of hydrogen-bond donors (Lipinski definition) is 0. The zero-order chi connectivity index (χ0) is 18.9. The average molecular weight is 389 g/mol. The Morgan fingerprint density at radius 3 is 2.41 bits per heavy atom. The Morgan fingerprint density at radius 1 is 0.926 bits per heavy atom. The molecule has 0 atom stereocenters. The molecule has 0 amide bonds. The van der Waals surface area contributed by atoms with Gasteiger partial charge < -0.3 is 4.90 Å². The van der Waals surface area contributed by atoms with Crippen molar-refractivity contribution in [3.8, 4) is 0 Å². The van der Waals surface area contributed by atoms with E-state index in [1.807, 2.05) is 4.57 Å². The molecule has 0 radical (unpaired) electrons. The number of thiazole rings is 1. The number of nitrogens with zero attached hydrogens (tertiary/aromatic N) is 2. The quantitative estimate of drug-likeness (QED) is 0.478. The number of aromatic nitrogens is 1. The number of likely N-dealkylation sites (tertiary alicyclic amines) is 1. The molecule has 1 fully saturated rings. The van der Waals surface area contributed by atoms with E-state index in [1.165, 1.54) is 94.3 Å². The minimum atomic E-state index is 0.210. The van der Waals surface area contributed by atoms with Gasteiger partial charge in [0.1, 0.15) is 0 Å². The van der Waals surface area contributed by atoms with Crippen molar-refractivity contribution >= 4 is 21.6 Å². The van der Waals surface area contributed by atoms with Crippen LogP contribution in [0.1, 0.15) is 76.7 Å². The molecule has 27 heavy (non-hydrogen) atoms. The van der Waals surface area contributed by atoms with Gasteiger partial charge in [-0.1, -0.05) is 56.4 Å². The molecule has 0 unspecified atom stereocenters. The molecule has 0 N–H and O–H groups in total. The van der Waals surface area contributed by atoms with Crippen LogP contribution in [0.4, 0.5) is 0 Å². The summed E-state index contributed by atoms with van der Waals surface area (Å²) < 4.78 is 3.16. The maximum atomic E-state index is 12.4. The summed E-state index contributed by atoms with van der Waals surface area (Å²) in [6.45, 7) is 6.97. The van der Waals surface area contributed by atoms with Crippen molar-refractivity contribution in [2.24, 2.45) is 0 Å². The van der Waals surface area contributed by atoms with Gasteiger partial charge in [-0.25, -0.2) is 0 Å². The van der Waals surface area contributed by atoms with Gasteiger partial charge in [0, 0.05) is 6.54 Å². The Bertz CT molecular complexity index is 740. The summed E-state index contributed by atoms with van der Waals surface area (Å²) in [6.07, 6.45) is 14.1. The first-order valence-corrected chi connectivity index (χ1v) is 11.9. The van der Waals surface area contributed by atoms with Crippen LogP contribution in [0.2, 0.25) is 0 Å². The van der Waals surface area contributed by atoms with Crippen molar-refractivity contribution in [1.82, 2.24) is 9.47 Å².